The van der Waals surface area contributed by atoms with E-state index in [0.29, 0.717) is 6.54 Å². The van der Waals surface area contributed by atoms with Crippen LogP contribution in [0.4, 0.5) is 0 Å². The summed E-state index contributed by atoms with van der Waals surface area (Å²) in [6.45, 7) is 3.27. The molecule has 0 spiro atoms. The standard InChI is InChI=1S/C11H14N2O3/c1-6-7-4-13(2)5-8(7)9(11(14)15)10(12-6)16-3/h4-5H2,1-3H3,(H,14,15). The maximum atomic E-state index is 11.2. The summed E-state index contributed by atoms with van der Waals surface area (Å²) < 4.78 is 5.04. The van der Waals surface area contributed by atoms with Gasteiger partial charge in [-0.15, -0.1) is 0 Å². The molecule has 0 saturated carbocycles. The number of ether oxygens (including phenoxy) is 1. The molecular formula is C11H14N2O3. The minimum atomic E-state index is -0.976. The molecule has 0 bridgehead atoms. The van der Waals surface area contributed by atoms with E-state index in [1.165, 1.54) is 7.11 Å². The number of hydrogen-bond acceptors (Lipinski definition) is 4. The van der Waals surface area contributed by atoms with Gasteiger partial charge in [0.15, 0.2) is 0 Å². The maximum Gasteiger partial charge on any atom is 0.341 e. The van der Waals surface area contributed by atoms with E-state index in [-0.39, 0.29) is 11.4 Å². The van der Waals surface area contributed by atoms with Gasteiger partial charge in [-0.05, 0) is 25.1 Å². The predicted molar refractivity (Wildman–Crippen MR) is 57.7 cm³/mol. The van der Waals surface area contributed by atoms with Gasteiger partial charge in [0.25, 0.3) is 0 Å². The number of carboxylic acid groups (broad SMARTS) is 1. The fraction of sp³-hybridized carbons (Fsp3) is 0.455. The first kappa shape index (κ1) is 10.9. The number of aromatic carboxylic acids is 1. The molecular weight excluding hydrogens is 208 g/mol. The summed E-state index contributed by atoms with van der Waals surface area (Å²) in [5.74, 6) is -0.769. The number of nitrogens with zero attached hydrogens (tertiary/aromatic N) is 2. The minimum absolute atomic E-state index is 0.201. The summed E-state index contributed by atoms with van der Waals surface area (Å²) in [5.41, 5.74) is 2.90. The highest BCUT2D eigenvalue weighted by molar-refractivity contribution is 5.92. The van der Waals surface area contributed by atoms with E-state index in [0.717, 1.165) is 23.4 Å². The van der Waals surface area contributed by atoms with E-state index in [2.05, 4.69) is 9.88 Å². The quantitative estimate of drug-likeness (QED) is 0.810. The van der Waals surface area contributed by atoms with Crippen LogP contribution in [0.15, 0.2) is 0 Å². The van der Waals surface area contributed by atoms with Gasteiger partial charge in [-0.3, -0.25) is 4.90 Å². The molecule has 5 heteroatoms. The first-order valence-electron chi connectivity index (χ1n) is 5.02. The zero-order valence-electron chi connectivity index (χ0n) is 9.57. The Kier molecular flexibility index (Phi) is 2.55. The highest BCUT2D eigenvalue weighted by Crippen LogP contribution is 2.31. The molecule has 2 rings (SSSR count). The first-order chi connectivity index (χ1) is 7.54. The summed E-state index contributed by atoms with van der Waals surface area (Å²) in [7, 11) is 3.40. The van der Waals surface area contributed by atoms with Crippen molar-refractivity contribution in [3.05, 3.63) is 22.4 Å². The van der Waals surface area contributed by atoms with Crippen LogP contribution < -0.4 is 4.74 Å². The van der Waals surface area contributed by atoms with Crippen LogP contribution in [0.1, 0.15) is 27.2 Å². The lowest BCUT2D eigenvalue weighted by atomic mass is 10.0. The number of rotatable bonds is 2. The highest BCUT2D eigenvalue weighted by atomic mass is 16.5. The third-order valence-corrected chi connectivity index (χ3v) is 2.85. The van der Waals surface area contributed by atoms with Gasteiger partial charge in [0.05, 0.1) is 7.11 Å². The maximum absolute atomic E-state index is 11.2. The number of fused-ring (bicyclic) bond motifs is 1. The second kappa shape index (κ2) is 3.75. The van der Waals surface area contributed by atoms with Crippen LogP contribution in [0.3, 0.4) is 0 Å². The molecule has 0 radical (unpaired) electrons. The zero-order chi connectivity index (χ0) is 11.9. The van der Waals surface area contributed by atoms with Gasteiger partial charge >= 0.3 is 5.97 Å². The van der Waals surface area contributed by atoms with Crippen LogP contribution in [-0.4, -0.2) is 35.1 Å². The third kappa shape index (κ3) is 1.53. The Balaban J connectivity index is 2.67. The van der Waals surface area contributed by atoms with Crippen molar-refractivity contribution in [2.45, 2.75) is 20.0 Å². The molecule has 2 heterocycles. The topological polar surface area (TPSA) is 62.7 Å². The molecule has 0 fully saturated rings. The Morgan fingerprint density at radius 2 is 2.06 bits per heavy atom. The monoisotopic (exact) mass is 222 g/mol. The Morgan fingerprint density at radius 1 is 1.44 bits per heavy atom. The molecule has 0 aliphatic carbocycles. The molecule has 1 aliphatic rings. The molecule has 0 amide bonds. The molecule has 1 aliphatic heterocycles. The Morgan fingerprint density at radius 3 is 2.62 bits per heavy atom. The van der Waals surface area contributed by atoms with Gasteiger partial charge in [0.2, 0.25) is 5.88 Å². The minimum Gasteiger partial charge on any atom is -0.480 e. The van der Waals surface area contributed by atoms with Gasteiger partial charge in [-0.25, -0.2) is 9.78 Å². The van der Waals surface area contributed by atoms with Crippen LogP contribution in [0.25, 0.3) is 0 Å². The van der Waals surface area contributed by atoms with E-state index in [9.17, 15) is 9.90 Å². The molecule has 86 valence electrons. The zero-order valence-corrected chi connectivity index (χ0v) is 9.57. The van der Waals surface area contributed by atoms with E-state index < -0.39 is 5.97 Å². The molecule has 1 aromatic rings. The number of methoxy groups -OCH3 is 1. The van der Waals surface area contributed by atoms with Gasteiger partial charge in [-0.1, -0.05) is 0 Å². The normalized spacial score (nSPS) is 14.9. The molecule has 1 aromatic heterocycles. The smallest absolute Gasteiger partial charge is 0.341 e. The number of aryl methyl sites for hydroxylation is 1. The molecule has 0 atom stereocenters. The molecule has 0 aromatic carbocycles. The van der Waals surface area contributed by atoms with Crippen LogP contribution in [0.5, 0.6) is 5.88 Å². The van der Waals surface area contributed by atoms with Crippen molar-refractivity contribution >= 4 is 5.97 Å². The molecule has 16 heavy (non-hydrogen) atoms. The van der Waals surface area contributed by atoms with Gasteiger partial charge in [0.1, 0.15) is 5.56 Å². The largest absolute Gasteiger partial charge is 0.480 e. The Labute approximate surface area is 93.7 Å². The van der Waals surface area contributed by atoms with Crippen molar-refractivity contribution in [1.82, 2.24) is 9.88 Å². The lowest BCUT2D eigenvalue weighted by molar-refractivity contribution is 0.0691. The van der Waals surface area contributed by atoms with Crippen LogP contribution >= 0.6 is 0 Å². The molecule has 5 nitrogen and oxygen atoms in total. The van der Waals surface area contributed by atoms with Crippen molar-refractivity contribution in [2.24, 2.45) is 0 Å². The predicted octanol–water partition coefficient (Wildman–Crippen LogP) is 1.04. The van der Waals surface area contributed by atoms with Crippen molar-refractivity contribution in [3.8, 4) is 5.88 Å². The van der Waals surface area contributed by atoms with E-state index in [4.69, 9.17) is 4.74 Å². The van der Waals surface area contributed by atoms with E-state index in [1.807, 2.05) is 14.0 Å². The van der Waals surface area contributed by atoms with Crippen LogP contribution in [0, 0.1) is 6.92 Å². The van der Waals surface area contributed by atoms with Crippen LogP contribution in [-0.2, 0) is 13.1 Å². The fourth-order valence-corrected chi connectivity index (χ4v) is 2.12. The molecule has 1 N–H and O–H groups in total. The van der Waals surface area contributed by atoms with Crippen LogP contribution in [0.2, 0.25) is 0 Å². The highest BCUT2D eigenvalue weighted by Gasteiger charge is 2.28. The van der Waals surface area contributed by atoms with Gasteiger partial charge < -0.3 is 9.84 Å². The van der Waals surface area contributed by atoms with Gasteiger partial charge in [0, 0.05) is 18.8 Å². The van der Waals surface area contributed by atoms with Crippen molar-refractivity contribution in [1.29, 1.82) is 0 Å². The second-order valence-corrected chi connectivity index (χ2v) is 4.02. The number of pyridine rings is 1. The van der Waals surface area contributed by atoms with Crippen molar-refractivity contribution < 1.29 is 14.6 Å². The number of carboxylic acids is 1. The fourth-order valence-electron chi connectivity index (χ4n) is 2.12. The average Bonchev–Trinajstić information content (AvgIpc) is 2.58. The summed E-state index contributed by atoms with van der Waals surface area (Å²) in [6.07, 6.45) is 0. The Bertz CT molecular complexity index is 457. The SMILES string of the molecule is COc1nc(C)c2c(c1C(=O)O)CN(C)C2. The van der Waals surface area contributed by atoms with Crippen molar-refractivity contribution in [2.75, 3.05) is 14.2 Å². The third-order valence-electron chi connectivity index (χ3n) is 2.85. The van der Waals surface area contributed by atoms with Crippen molar-refractivity contribution in [3.63, 3.8) is 0 Å². The lowest BCUT2D eigenvalue weighted by Gasteiger charge is -2.10. The van der Waals surface area contributed by atoms with Gasteiger partial charge in [-0.2, -0.15) is 0 Å². The number of aromatic nitrogens is 1. The lowest BCUT2D eigenvalue weighted by Crippen LogP contribution is -2.10. The second-order valence-electron chi connectivity index (χ2n) is 4.02. The van der Waals surface area contributed by atoms with E-state index >= 15 is 0 Å². The summed E-state index contributed by atoms with van der Waals surface area (Å²) in [4.78, 5) is 17.5. The Hall–Kier alpha value is -1.62. The summed E-state index contributed by atoms with van der Waals surface area (Å²) in [6, 6.07) is 0. The molecule has 0 unspecified atom stereocenters. The van der Waals surface area contributed by atoms with E-state index in [1.54, 1.807) is 0 Å². The number of carbonyl (C=O) groups is 1. The first-order valence-corrected chi connectivity index (χ1v) is 5.02. The number of hydrogen-bond donors (Lipinski definition) is 1. The molecule has 0 saturated heterocycles. The summed E-state index contributed by atoms with van der Waals surface area (Å²) in [5, 5.41) is 9.20. The summed E-state index contributed by atoms with van der Waals surface area (Å²) >= 11 is 0. The average molecular weight is 222 g/mol.